The van der Waals surface area contributed by atoms with E-state index in [1.807, 2.05) is 0 Å². The van der Waals surface area contributed by atoms with Crippen molar-refractivity contribution in [2.75, 3.05) is 0 Å². The summed E-state index contributed by atoms with van der Waals surface area (Å²) >= 11 is -5.25. The number of hydrogen-bond acceptors (Lipinski definition) is 5. The molecule has 56 valence electrons. The van der Waals surface area contributed by atoms with Gasteiger partial charge in [-0.3, -0.25) is 0 Å². The van der Waals surface area contributed by atoms with E-state index in [1.54, 1.807) is 0 Å². The molecule has 0 bridgehead atoms. The molecule has 0 aliphatic rings. The van der Waals surface area contributed by atoms with Gasteiger partial charge in [0.1, 0.15) is 0 Å². The summed E-state index contributed by atoms with van der Waals surface area (Å²) < 4.78 is 31.9. The fraction of sp³-hybridized carbons (Fsp3) is 0. The molecule has 0 unspecified atom stereocenters. The van der Waals surface area contributed by atoms with Gasteiger partial charge in [-0.05, 0) is 0 Å². The molecule has 0 aliphatic carbocycles. The van der Waals surface area contributed by atoms with E-state index in [0.29, 0.717) is 0 Å². The zero-order chi connectivity index (χ0) is 8.08. The van der Waals surface area contributed by atoms with Gasteiger partial charge in [-0.15, -0.1) is 0 Å². The Kier molecular flexibility index (Phi) is 12.3. The molecule has 8 nitrogen and oxygen atoms in total. The van der Waals surface area contributed by atoms with Crippen LogP contribution in [0.1, 0.15) is 0 Å². The van der Waals surface area contributed by atoms with E-state index < -0.39 is 18.7 Å². The zero-order valence-electron chi connectivity index (χ0n) is 4.79. The molecule has 2 N–H and O–H groups in total. The molecule has 10 heavy (non-hydrogen) atoms. The molecule has 0 fully saturated rings. The van der Waals surface area contributed by atoms with Crippen LogP contribution in [0.5, 0.6) is 0 Å². The third-order valence-corrected chi connectivity index (χ3v) is 0. The Labute approximate surface area is 79.3 Å². The molecular formula is H2CrNNaO7. The van der Waals surface area contributed by atoms with Crippen molar-refractivity contribution < 1.29 is 64.2 Å². The Balaban J connectivity index is -0.0000000910. The van der Waals surface area contributed by atoms with Crippen molar-refractivity contribution in [3.05, 3.63) is 15.3 Å². The van der Waals surface area contributed by atoms with Crippen molar-refractivity contribution >= 4 is 0 Å². The van der Waals surface area contributed by atoms with Gasteiger partial charge in [0.05, 0.1) is 5.09 Å². The third kappa shape index (κ3) is 6810. The van der Waals surface area contributed by atoms with Gasteiger partial charge in [0.25, 0.3) is 0 Å². The summed E-state index contributed by atoms with van der Waals surface area (Å²) in [5, 5.41) is 14.8. The maximum atomic E-state index is 8.82. The molecule has 0 aliphatic heterocycles. The van der Waals surface area contributed by atoms with Crippen LogP contribution >= 0.6 is 0 Å². The first-order valence-electron chi connectivity index (χ1n) is 1.25. The molecule has 0 radical (unpaired) electrons. The first-order valence-corrected chi connectivity index (χ1v) is 3.43. The topological polar surface area (TPSA) is 141 Å². The molecule has 0 amide bonds. The van der Waals surface area contributed by atoms with E-state index in [2.05, 4.69) is 0 Å². The van der Waals surface area contributed by atoms with Crippen LogP contribution in [-0.4, -0.2) is 13.4 Å². The molecule has 10 heteroatoms. The van der Waals surface area contributed by atoms with Crippen LogP contribution in [0.3, 0.4) is 0 Å². The van der Waals surface area contributed by atoms with E-state index in [1.165, 1.54) is 0 Å². The molecule has 0 spiro atoms. The number of nitrogens with zero attached hydrogens (tertiary/aromatic N) is 1. The predicted octanol–water partition coefficient (Wildman–Crippen LogP) is -4.59. The first kappa shape index (κ1) is 16.7. The third-order valence-electron chi connectivity index (χ3n) is 0. The normalized spacial score (nSPS) is 8.20. The number of rotatable bonds is 0. The van der Waals surface area contributed by atoms with Crippen molar-refractivity contribution in [3.63, 3.8) is 0 Å². The Bertz CT molecular complexity index is 156. The van der Waals surface area contributed by atoms with E-state index in [4.69, 9.17) is 31.2 Å². The van der Waals surface area contributed by atoms with E-state index in [-0.39, 0.29) is 29.6 Å². The second-order valence-corrected chi connectivity index (χ2v) is 2.07. The molecular weight excluding hydrogens is 201 g/mol. The summed E-state index contributed by atoms with van der Waals surface area (Å²) in [7, 11) is 0. The Morgan fingerprint density at radius 1 is 1.20 bits per heavy atom. The fourth-order valence-corrected chi connectivity index (χ4v) is 0. The minimum atomic E-state index is -5.25. The SMILES string of the molecule is O=[N+]([O-])[O-].[Na+].[O]=[Cr](=[O])([OH])[OH]. The van der Waals surface area contributed by atoms with Crippen molar-refractivity contribution in [1.29, 1.82) is 0 Å². The summed E-state index contributed by atoms with van der Waals surface area (Å²) in [6.07, 6.45) is 0. The van der Waals surface area contributed by atoms with Gasteiger partial charge >= 0.3 is 59.1 Å². The molecule has 0 aromatic heterocycles. The van der Waals surface area contributed by atoms with Gasteiger partial charge in [0, 0.05) is 0 Å². The summed E-state index contributed by atoms with van der Waals surface area (Å²) in [5.41, 5.74) is 0. The van der Waals surface area contributed by atoms with Crippen molar-refractivity contribution in [2.24, 2.45) is 0 Å². The molecule has 0 rings (SSSR count). The summed E-state index contributed by atoms with van der Waals surface area (Å²) in [4.78, 5) is 8.25. The van der Waals surface area contributed by atoms with Crippen LogP contribution in [0.25, 0.3) is 0 Å². The van der Waals surface area contributed by atoms with Crippen LogP contribution < -0.4 is 29.6 Å². The summed E-state index contributed by atoms with van der Waals surface area (Å²) in [6, 6.07) is 0. The van der Waals surface area contributed by atoms with Crippen LogP contribution in [0.15, 0.2) is 0 Å². The van der Waals surface area contributed by atoms with Crippen LogP contribution in [0.2, 0.25) is 0 Å². The Morgan fingerprint density at radius 3 is 1.20 bits per heavy atom. The maximum absolute atomic E-state index is 8.82. The van der Waals surface area contributed by atoms with Crippen LogP contribution in [0, 0.1) is 15.3 Å². The second kappa shape index (κ2) is 7.36. The Hall–Kier alpha value is 0.252. The van der Waals surface area contributed by atoms with Crippen molar-refractivity contribution in [2.45, 2.75) is 0 Å². The molecule has 0 aromatic rings. The van der Waals surface area contributed by atoms with Gasteiger partial charge in [0.2, 0.25) is 0 Å². The molecule has 0 aromatic carbocycles. The molecule has 0 saturated carbocycles. The zero-order valence-corrected chi connectivity index (χ0v) is 8.07. The van der Waals surface area contributed by atoms with Crippen molar-refractivity contribution in [1.82, 2.24) is 0 Å². The first-order chi connectivity index (χ1) is 3.73. The fourth-order valence-electron chi connectivity index (χ4n) is 0. The monoisotopic (exact) mass is 203 g/mol. The Morgan fingerprint density at radius 2 is 1.20 bits per heavy atom. The molecule has 0 saturated heterocycles. The van der Waals surface area contributed by atoms with Gasteiger partial charge in [-0.1, -0.05) is 0 Å². The number of hydrogen-bond donors (Lipinski definition) is 2. The summed E-state index contributed by atoms with van der Waals surface area (Å²) in [5.74, 6) is 0. The van der Waals surface area contributed by atoms with Gasteiger partial charge in [-0.25, -0.2) is 0 Å². The summed E-state index contributed by atoms with van der Waals surface area (Å²) in [6.45, 7) is 0. The second-order valence-electron chi connectivity index (χ2n) is 0.671. The minimum absolute atomic E-state index is 0. The predicted molar refractivity (Wildman–Crippen MR) is 16.2 cm³/mol. The van der Waals surface area contributed by atoms with Gasteiger partial charge < -0.3 is 15.3 Å². The van der Waals surface area contributed by atoms with E-state index in [9.17, 15) is 0 Å². The van der Waals surface area contributed by atoms with Crippen LogP contribution in [-0.2, 0) is 21.2 Å². The molecule has 0 atom stereocenters. The van der Waals surface area contributed by atoms with Gasteiger partial charge in [-0.2, -0.15) is 0 Å². The average Bonchev–Trinajstić information content (AvgIpc) is 1.19. The standard InChI is InChI=1S/Cr.NO3.Na.2H2O.2O/c;2-1(3)4;;;;;/h;;;2*1H2;;/q+2;-1;+1;;;;/p-2. The average molecular weight is 203 g/mol. The van der Waals surface area contributed by atoms with E-state index in [0.717, 1.165) is 0 Å². The molecule has 0 heterocycles. The van der Waals surface area contributed by atoms with Gasteiger partial charge in [0.15, 0.2) is 0 Å². The quantitative estimate of drug-likeness (QED) is 0.229. The van der Waals surface area contributed by atoms with Crippen molar-refractivity contribution in [3.8, 4) is 0 Å². The van der Waals surface area contributed by atoms with Crippen LogP contribution in [0.4, 0.5) is 0 Å². The van der Waals surface area contributed by atoms with E-state index >= 15 is 0 Å².